The fraction of sp³-hybridized carbons (Fsp3) is 0.588. The molecule has 0 fully saturated rings. The molecule has 24 heavy (non-hydrogen) atoms. The molecule has 2 rings (SSSR count). The average Bonchev–Trinajstić information content (AvgIpc) is 2.92. The van der Waals surface area contributed by atoms with E-state index >= 15 is 0 Å². The fourth-order valence-electron chi connectivity index (χ4n) is 2.12. The first-order chi connectivity index (χ1) is 11.1. The summed E-state index contributed by atoms with van der Waals surface area (Å²) in [5.41, 5.74) is 0.874. The number of benzene rings is 1. The maximum atomic E-state index is 6.36. The van der Waals surface area contributed by atoms with Gasteiger partial charge in [0.05, 0.1) is 6.54 Å². The van der Waals surface area contributed by atoms with E-state index in [0.29, 0.717) is 17.4 Å². The Morgan fingerprint density at radius 1 is 1.29 bits per heavy atom. The highest BCUT2D eigenvalue weighted by Crippen LogP contribution is 2.37. The monoisotopic (exact) mass is 366 g/mol. The van der Waals surface area contributed by atoms with E-state index in [0.717, 1.165) is 12.0 Å². The third-order valence-electron chi connectivity index (χ3n) is 4.57. The molecule has 0 aliphatic heterocycles. The molecule has 0 spiro atoms. The van der Waals surface area contributed by atoms with Crippen LogP contribution < -0.4 is 0 Å². The summed E-state index contributed by atoms with van der Waals surface area (Å²) < 4.78 is 6.36. The third kappa shape index (κ3) is 4.88. The van der Waals surface area contributed by atoms with E-state index in [1.165, 1.54) is 0 Å². The summed E-state index contributed by atoms with van der Waals surface area (Å²) in [4.78, 5) is 1.63. The molecule has 132 valence electrons. The summed E-state index contributed by atoms with van der Waals surface area (Å²) in [6.45, 7) is 14.1. The van der Waals surface area contributed by atoms with Crippen LogP contribution in [0, 0.1) is 0 Å². The summed E-state index contributed by atoms with van der Waals surface area (Å²) in [7, 11) is -1.74. The molecular formula is C17H27ClN4OSi. The second kappa shape index (κ2) is 7.33. The van der Waals surface area contributed by atoms with Crippen LogP contribution in [0.3, 0.4) is 0 Å². The minimum absolute atomic E-state index is 0.173. The highest BCUT2D eigenvalue weighted by molar-refractivity contribution is 6.74. The zero-order valence-electron chi connectivity index (χ0n) is 15.4. The van der Waals surface area contributed by atoms with Crippen molar-refractivity contribution in [1.82, 2.24) is 20.2 Å². The summed E-state index contributed by atoms with van der Waals surface area (Å²) >= 11 is 6.01. The molecule has 1 heterocycles. The van der Waals surface area contributed by atoms with Crippen molar-refractivity contribution in [2.45, 2.75) is 64.9 Å². The smallest absolute Gasteiger partial charge is 0.204 e. The van der Waals surface area contributed by atoms with E-state index in [4.69, 9.17) is 16.0 Å². The molecule has 0 saturated heterocycles. The van der Waals surface area contributed by atoms with E-state index in [1.807, 2.05) is 24.3 Å². The SMILES string of the molecule is CC(CCn1nnc(-c2cccc(Cl)c2)n1)O[Si](C)(C)C(C)(C)C. The minimum atomic E-state index is -1.74. The lowest BCUT2D eigenvalue weighted by atomic mass is 10.2. The molecule has 0 amide bonds. The minimum Gasteiger partial charge on any atom is -0.414 e. The van der Waals surface area contributed by atoms with Crippen LogP contribution in [0.1, 0.15) is 34.1 Å². The first-order valence-electron chi connectivity index (χ1n) is 8.30. The summed E-state index contributed by atoms with van der Waals surface area (Å²) in [6, 6.07) is 7.48. The van der Waals surface area contributed by atoms with Gasteiger partial charge < -0.3 is 4.43 Å². The highest BCUT2D eigenvalue weighted by atomic mass is 35.5. The van der Waals surface area contributed by atoms with Crippen LogP contribution in [-0.4, -0.2) is 34.6 Å². The van der Waals surface area contributed by atoms with Gasteiger partial charge in [-0.15, -0.1) is 10.2 Å². The van der Waals surface area contributed by atoms with Crippen molar-refractivity contribution in [3.8, 4) is 11.4 Å². The number of halogens is 1. The van der Waals surface area contributed by atoms with Crippen LogP contribution in [0.2, 0.25) is 23.2 Å². The van der Waals surface area contributed by atoms with Gasteiger partial charge in [-0.1, -0.05) is 44.5 Å². The Hall–Kier alpha value is -1.24. The average molecular weight is 367 g/mol. The lowest BCUT2D eigenvalue weighted by Crippen LogP contribution is -2.43. The van der Waals surface area contributed by atoms with Crippen molar-refractivity contribution in [2.24, 2.45) is 0 Å². The van der Waals surface area contributed by atoms with Crippen LogP contribution in [0.25, 0.3) is 11.4 Å². The number of rotatable bonds is 6. The maximum Gasteiger partial charge on any atom is 0.204 e. The first-order valence-corrected chi connectivity index (χ1v) is 11.6. The number of hydrogen-bond acceptors (Lipinski definition) is 4. The van der Waals surface area contributed by atoms with Gasteiger partial charge in [0.2, 0.25) is 5.82 Å². The number of nitrogens with zero attached hydrogens (tertiary/aromatic N) is 4. The second-order valence-corrected chi connectivity index (χ2v) is 12.9. The lowest BCUT2D eigenvalue weighted by molar-refractivity contribution is 0.179. The number of hydrogen-bond donors (Lipinski definition) is 0. The Morgan fingerprint density at radius 2 is 2.00 bits per heavy atom. The van der Waals surface area contributed by atoms with Crippen molar-refractivity contribution < 1.29 is 4.43 Å². The van der Waals surface area contributed by atoms with Crippen LogP contribution in [0.4, 0.5) is 0 Å². The predicted molar refractivity (Wildman–Crippen MR) is 101 cm³/mol. The van der Waals surface area contributed by atoms with Crippen molar-refractivity contribution in [2.75, 3.05) is 0 Å². The molecule has 5 nitrogen and oxygen atoms in total. The Balaban J connectivity index is 1.94. The van der Waals surface area contributed by atoms with Gasteiger partial charge in [0, 0.05) is 16.7 Å². The zero-order chi connectivity index (χ0) is 18.0. The van der Waals surface area contributed by atoms with Crippen molar-refractivity contribution in [3.63, 3.8) is 0 Å². The molecule has 0 aliphatic carbocycles. The van der Waals surface area contributed by atoms with Gasteiger partial charge in [0.25, 0.3) is 0 Å². The molecule has 1 aromatic carbocycles. The molecule has 0 aliphatic rings. The Kier molecular flexibility index (Phi) is 5.83. The van der Waals surface area contributed by atoms with E-state index in [1.54, 1.807) is 4.80 Å². The molecule has 1 unspecified atom stereocenters. The molecule has 0 bridgehead atoms. The van der Waals surface area contributed by atoms with Crippen molar-refractivity contribution >= 4 is 19.9 Å². The molecule has 0 radical (unpaired) electrons. The lowest BCUT2D eigenvalue weighted by Gasteiger charge is -2.38. The first kappa shape index (κ1) is 19.1. The van der Waals surface area contributed by atoms with Gasteiger partial charge in [-0.2, -0.15) is 4.80 Å². The van der Waals surface area contributed by atoms with Crippen LogP contribution in [0.15, 0.2) is 24.3 Å². The topological polar surface area (TPSA) is 52.8 Å². The third-order valence-corrected chi connectivity index (χ3v) is 9.41. The molecule has 7 heteroatoms. The molecule has 0 saturated carbocycles. The van der Waals surface area contributed by atoms with Gasteiger partial charge in [-0.3, -0.25) is 0 Å². The van der Waals surface area contributed by atoms with Crippen LogP contribution in [0.5, 0.6) is 0 Å². The number of aromatic nitrogens is 4. The fourth-order valence-corrected chi connectivity index (χ4v) is 3.78. The van der Waals surface area contributed by atoms with Gasteiger partial charge >= 0.3 is 0 Å². The number of aryl methyl sites for hydroxylation is 1. The normalized spacial score (nSPS) is 14.0. The largest absolute Gasteiger partial charge is 0.414 e. The quantitative estimate of drug-likeness (QED) is 0.689. The molecule has 1 atom stereocenters. The van der Waals surface area contributed by atoms with Gasteiger partial charge in [0.15, 0.2) is 8.32 Å². The second-order valence-electron chi connectivity index (χ2n) is 7.70. The highest BCUT2D eigenvalue weighted by Gasteiger charge is 2.38. The van der Waals surface area contributed by atoms with E-state index in [2.05, 4.69) is 56.2 Å². The zero-order valence-corrected chi connectivity index (χ0v) is 17.1. The van der Waals surface area contributed by atoms with Crippen LogP contribution >= 0.6 is 11.6 Å². The number of tetrazole rings is 1. The molecule has 0 N–H and O–H groups in total. The molecule has 1 aromatic heterocycles. The molecule has 2 aromatic rings. The standard InChI is InChI=1S/C17H27ClN4OSi/c1-13(23-24(5,6)17(2,3)4)10-11-22-20-16(19-21-22)14-8-7-9-15(18)12-14/h7-9,12-13H,10-11H2,1-6H3. The van der Waals surface area contributed by atoms with E-state index in [-0.39, 0.29) is 11.1 Å². The Morgan fingerprint density at radius 3 is 2.62 bits per heavy atom. The predicted octanol–water partition coefficient (Wildman–Crippen LogP) is 4.79. The molecular weight excluding hydrogens is 340 g/mol. The van der Waals surface area contributed by atoms with E-state index in [9.17, 15) is 0 Å². The van der Waals surface area contributed by atoms with Crippen molar-refractivity contribution in [1.29, 1.82) is 0 Å². The summed E-state index contributed by atoms with van der Waals surface area (Å²) in [6.07, 6.45) is 1.03. The van der Waals surface area contributed by atoms with Crippen LogP contribution in [-0.2, 0) is 11.0 Å². The van der Waals surface area contributed by atoms with Crippen molar-refractivity contribution in [3.05, 3.63) is 29.3 Å². The van der Waals surface area contributed by atoms with E-state index < -0.39 is 8.32 Å². The maximum absolute atomic E-state index is 6.36. The van der Waals surface area contributed by atoms with Gasteiger partial charge in [-0.25, -0.2) is 0 Å². The van der Waals surface area contributed by atoms with Gasteiger partial charge in [-0.05, 0) is 48.8 Å². The van der Waals surface area contributed by atoms with Gasteiger partial charge in [0.1, 0.15) is 0 Å². The summed E-state index contributed by atoms with van der Waals surface area (Å²) in [5, 5.41) is 13.6. The summed E-state index contributed by atoms with van der Waals surface area (Å²) in [5.74, 6) is 0.593. The Labute approximate surface area is 150 Å². The Bertz CT molecular complexity index is 681.